The molecule has 0 bridgehead atoms. The molecule has 0 saturated heterocycles. The summed E-state index contributed by atoms with van der Waals surface area (Å²) in [6.45, 7) is -0.140. The Morgan fingerprint density at radius 3 is 2.26 bits per heavy atom. The zero-order valence-corrected chi connectivity index (χ0v) is 18.9. The van der Waals surface area contributed by atoms with Gasteiger partial charge >= 0.3 is 0 Å². The van der Waals surface area contributed by atoms with E-state index in [4.69, 9.17) is 23.5 Å². The lowest BCUT2D eigenvalue weighted by Crippen LogP contribution is -2.20. The van der Waals surface area contributed by atoms with Crippen molar-refractivity contribution < 1.29 is 28.3 Å². The fourth-order valence-corrected chi connectivity index (χ4v) is 3.29. The van der Waals surface area contributed by atoms with E-state index in [-0.39, 0.29) is 18.4 Å². The second-order valence-corrected chi connectivity index (χ2v) is 7.03. The third-order valence-corrected chi connectivity index (χ3v) is 4.89. The second kappa shape index (κ2) is 10.4. The fraction of sp³-hybridized carbons (Fsp3) is 0.160. The highest BCUT2D eigenvalue weighted by atomic mass is 16.5. The summed E-state index contributed by atoms with van der Waals surface area (Å²) >= 11 is 0. The number of ether oxygens (including phenoxy) is 4. The molecular formula is C25H23N3O6. The molecule has 9 nitrogen and oxygen atoms in total. The number of carbonyl (C=O) groups excluding carboxylic acids is 1. The maximum Gasteiger partial charge on any atom is 0.262 e. The van der Waals surface area contributed by atoms with Gasteiger partial charge in [0, 0.05) is 5.56 Å². The molecule has 4 aromatic rings. The van der Waals surface area contributed by atoms with Crippen LogP contribution in [0.3, 0.4) is 0 Å². The fourth-order valence-electron chi connectivity index (χ4n) is 3.29. The Kier molecular flexibility index (Phi) is 6.92. The number of rotatable bonds is 9. The first-order valence-electron chi connectivity index (χ1n) is 10.3. The first-order chi connectivity index (χ1) is 16.6. The summed E-state index contributed by atoms with van der Waals surface area (Å²) in [5.41, 5.74) is 1.70. The maximum atomic E-state index is 12.5. The third-order valence-electron chi connectivity index (χ3n) is 4.89. The molecule has 0 aliphatic heterocycles. The van der Waals surface area contributed by atoms with Crippen molar-refractivity contribution in [2.75, 3.05) is 33.3 Å². The van der Waals surface area contributed by atoms with E-state index >= 15 is 0 Å². The number of hydrogen-bond acceptors (Lipinski definition) is 8. The van der Waals surface area contributed by atoms with Crippen molar-refractivity contribution in [1.29, 1.82) is 0 Å². The minimum absolute atomic E-state index is 0.140. The molecule has 0 radical (unpaired) electrons. The summed E-state index contributed by atoms with van der Waals surface area (Å²) in [6, 6.07) is 19.7. The standard InChI is InChI=1S/C25H23N3O6/c1-30-20-13-16(14-21(31-2)23(20)32-3)24-27-25(34-28-24)18-11-7-8-12-19(18)26-22(29)15-33-17-9-5-4-6-10-17/h4-14H,15H2,1-3H3,(H,26,29). The lowest BCUT2D eigenvalue weighted by atomic mass is 10.1. The smallest absolute Gasteiger partial charge is 0.262 e. The van der Waals surface area contributed by atoms with Gasteiger partial charge in [-0.05, 0) is 36.4 Å². The molecule has 1 amide bonds. The van der Waals surface area contributed by atoms with Gasteiger partial charge in [-0.1, -0.05) is 35.5 Å². The number of para-hydroxylation sites is 2. The third kappa shape index (κ3) is 4.93. The minimum Gasteiger partial charge on any atom is -0.493 e. The van der Waals surface area contributed by atoms with Gasteiger partial charge < -0.3 is 28.8 Å². The molecule has 1 N–H and O–H groups in total. The Bertz CT molecular complexity index is 1250. The predicted octanol–water partition coefficient (Wildman–Crippen LogP) is 4.45. The van der Waals surface area contributed by atoms with E-state index in [2.05, 4.69) is 15.5 Å². The summed E-state index contributed by atoms with van der Waals surface area (Å²) in [4.78, 5) is 17.0. The molecule has 0 saturated carbocycles. The van der Waals surface area contributed by atoms with Gasteiger partial charge in [0.1, 0.15) is 5.75 Å². The van der Waals surface area contributed by atoms with Crippen LogP contribution in [0, 0.1) is 0 Å². The zero-order valence-electron chi connectivity index (χ0n) is 18.9. The van der Waals surface area contributed by atoms with Crippen LogP contribution in [-0.4, -0.2) is 44.0 Å². The van der Waals surface area contributed by atoms with Gasteiger partial charge in [0.15, 0.2) is 18.1 Å². The van der Waals surface area contributed by atoms with Crippen LogP contribution in [0.1, 0.15) is 0 Å². The Balaban J connectivity index is 1.56. The largest absolute Gasteiger partial charge is 0.493 e. The van der Waals surface area contributed by atoms with E-state index in [0.29, 0.717) is 45.6 Å². The topological polar surface area (TPSA) is 105 Å². The number of nitrogens with zero attached hydrogens (tertiary/aromatic N) is 2. The number of amides is 1. The van der Waals surface area contributed by atoms with E-state index in [9.17, 15) is 4.79 Å². The Morgan fingerprint density at radius 2 is 1.59 bits per heavy atom. The molecule has 1 heterocycles. The van der Waals surface area contributed by atoms with E-state index in [1.807, 2.05) is 24.3 Å². The summed E-state index contributed by atoms with van der Waals surface area (Å²) < 4.78 is 27.2. The molecule has 0 spiro atoms. The molecule has 34 heavy (non-hydrogen) atoms. The quantitative estimate of drug-likeness (QED) is 0.390. The van der Waals surface area contributed by atoms with E-state index < -0.39 is 0 Å². The first kappa shape index (κ1) is 22.7. The molecule has 3 aromatic carbocycles. The van der Waals surface area contributed by atoms with Crippen LogP contribution < -0.4 is 24.3 Å². The molecule has 0 atom stereocenters. The Labute approximate surface area is 196 Å². The van der Waals surface area contributed by atoms with Gasteiger partial charge in [0.05, 0.1) is 32.6 Å². The van der Waals surface area contributed by atoms with Gasteiger partial charge in [0.25, 0.3) is 11.8 Å². The van der Waals surface area contributed by atoms with Crippen molar-refractivity contribution in [3.8, 4) is 45.8 Å². The van der Waals surface area contributed by atoms with E-state index in [1.54, 1.807) is 42.5 Å². The lowest BCUT2D eigenvalue weighted by Gasteiger charge is -2.12. The van der Waals surface area contributed by atoms with E-state index in [1.165, 1.54) is 21.3 Å². The molecule has 0 fully saturated rings. The van der Waals surface area contributed by atoms with Crippen LogP contribution in [0.5, 0.6) is 23.0 Å². The Morgan fingerprint density at radius 1 is 0.912 bits per heavy atom. The van der Waals surface area contributed by atoms with Crippen LogP contribution in [-0.2, 0) is 4.79 Å². The number of methoxy groups -OCH3 is 3. The number of carbonyl (C=O) groups is 1. The van der Waals surface area contributed by atoms with Crippen LogP contribution in [0.2, 0.25) is 0 Å². The van der Waals surface area contributed by atoms with Gasteiger partial charge in [0.2, 0.25) is 11.6 Å². The molecule has 0 aliphatic rings. The first-order valence-corrected chi connectivity index (χ1v) is 10.3. The monoisotopic (exact) mass is 461 g/mol. The maximum absolute atomic E-state index is 12.5. The Hall–Kier alpha value is -4.53. The van der Waals surface area contributed by atoms with Crippen molar-refractivity contribution in [1.82, 2.24) is 10.1 Å². The summed E-state index contributed by atoms with van der Waals surface area (Å²) in [5, 5.41) is 6.92. The zero-order chi connectivity index (χ0) is 23.9. The summed E-state index contributed by atoms with van der Waals surface area (Å²) in [7, 11) is 4.59. The number of anilines is 1. The number of nitrogens with one attached hydrogen (secondary N) is 1. The average Bonchev–Trinajstić information content (AvgIpc) is 3.37. The predicted molar refractivity (Wildman–Crippen MR) is 125 cm³/mol. The number of hydrogen-bond donors (Lipinski definition) is 1. The molecular weight excluding hydrogens is 438 g/mol. The van der Waals surface area contributed by atoms with Crippen molar-refractivity contribution in [3.63, 3.8) is 0 Å². The lowest BCUT2D eigenvalue weighted by molar-refractivity contribution is -0.118. The van der Waals surface area contributed by atoms with Gasteiger partial charge in [-0.2, -0.15) is 4.98 Å². The van der Waals surface area contributed by atoms with Crippen LogP contribution in [0.25, 0.3) is 22.8 Å². The highest BCUT2D eigenvalue weighted by Gasteiger charge is 2.19. The molecule has 1 aromatic heterocycles. The molecule has 9 heteroatoms. The average molecular weight is 461 g/mol. The molecule has 0 aliphatic carbocycles. The van der Waals surface area contributed by atoms with Crippen LogP contribution >= 0.6 is 0 Å². The molecule has 174 valence electrons. The molecule has 4 rings (SSSR count). The van der Waals surface area contributed by atoms with Crippen molar-refractivity contribution in [2.45, 2.75) is 0 Å². The second-order valence-electron chi connectivity index (χ2n) is 7.03. The minimum atomic E-state index is -0.319. The van der Waals surface area contributed by atoms with Crippen LogP contribution in [0.4, 0.5) is 5.69 Å². The summed E-state index contributed by atoms with van der Waals surface area (Å²) in [5.74, 6) is 2.25. The van der Waals surface area contributed by atoms with E-state index in [0.717, 1.165) is 0 Å². The van der Waals surface area contributed by atoms with Crippen molar-refractivity contribution >= 4 is 11.6 Å². The van der Waals surface area contributed by atoms with Gasteiger partial charge in [-0.3, -0.25) is 4.79 Å². The van der Waals surface area contributed by atoms with Gasteiger partial charge in [-0.15, -0.1) is 0 Å². The van der Waals surface area contributed by atoms with Crippen LogP contribution in [0.15, 0.2) is 71.3 Å². The van der Waals surface area contributed by atoms with Gasteiger partial charge in [-0.25, -0.2) is 0 Å². The van der Waals surface area contributed by atoms with Crippen molar-refractivity contribution in [2.24, 2.45) is 0 Å². The molecule has 0 unspecified atom stereocenters. The highest BCUT2D eigenvalue weighted by molar-refractivity contribution is 5.95. The number of aromatic nitrogens is 2. The van der Waals surface area contributed by atoms with Crippen molar-refractivity contribution in [3.05, 3.63) is 66.7 Å². The summed E-state index contributed by atoms with van der Waals surface area (Å²) in [6.07, 6.45) is 0. The SMILES string of the molecule is COc1cc(-c2noc(-c3ccccc3NC(=O)COc3ccccc3)n2)cc(OC)c1OC. The number of benzene rings is 3. The highest BCUT2D eigenvalue weighted by Crippen LogP contribution is 2.41. The normalized spacial score (nSPS) is 10.4.